The summed E-state index contributed by atoms with van der Waals surface area (Å²) in [6, 6.07) is 3.18. The lowest BCUT2D eigenvalue weighted by atomic mass is 10.3. The highest BCUT2D eigenvalue weighted by atomic mass is 79.9. The molecule has 0 aliphatic heterocycles. The summed E-state index contributed by atoms with van der Waals surface area (Å²) in [6.07, 6.45) is 2.78. The van der Waals surface area contributed by atoms with Gasteiger partial charge in [-0.2, -0.15) is 0 Å². The first-order chi connectivity index (χ1) is 9.49. The largest absolute Gasteiger partial charge is 0.342 e. The Morgan fingerprint density at radius 2 is 2.15 bits per heavy atom. The number of halogens is 3. The van der Waals surface area contributed by atoms with E-state index in [4.69, 9.17) is 23.2 Å². The molecule has 0 saturated carbocycles. The molecule has 0 aromatic carbocycles. The molecule has 0 radical (unpaired) electrons. The standard InChI is InChI=1S/C12H11BrCl2N4O/c1-2-3-19-6-7(13)4-8(19)11(20)17-10-5-9(14)16-12(15)18-10/h4-6H,2-3H2,1H3,(H,16,17,18,20). The maximum atomic E-state index is 12.2. The fraction of sp³-hybridized carbons (Fsp3) is 0.250. The van der Waals surface area contributed by atoms with Crippen LogP contribution < -0.4 is 5.32 Å². The molecule has 0 aliphatic carbocycles. The van der Waals surface area contributed by atoms with Crippen molar-refractivity contribution in [3.05, 3.63) is 38.9 Å². The normalized spacial score (nSPS) is 10.6. The SMILES string of the molecule is CCCn1cc(Br)cc1C(=O)Nc1cc(Cl)nc(Cl)n1. The van der Waals surface area contributed by atoms with E-state index in [1.54, 1.807) is 6.07 Å². The first-order valence-electron chi connectivity index (χ1n) is 5.86. The van der Waals surface area contributed by atoms with Crippen molar-refractivity contribution in [2.24, 2.45) is 0 Å². The lowest BCUT2D eigenvalue weighted by Gasteiger charge is -2.08. The maximum absolute atomic E-state index is 12.2. The minimum Gasteiger partial charge on any atom is -0.342 e. The van der Waals surface area contributed by atoms with Crippen molar-refractivity contribution in [1.82, 2.24) is 14.5 Å². The Kier molecular flexibility index (Phi) is 5.01. The summed E-state index contributed by atoms with van der Waals surface area (Å²) in [5.74, 6) is -0.0182. The zero-order chi connectivity index (χ0) is 14.7. The van der Waals surface area contributed by atoms with E-state index in [9.17, 15) is 4.79 Å². The molecule has 0 aliphatic rings. The number of nitrogens with zero attached hydrogens (tertiary/aromatic N) is 3. The number of rotatable bonds is 4. The van der Waals surface area contributed by atoms with Crippen LogP contribution in [0.4, 0.5) is 5.82 Å². The summed E-state index contributed by atoms with van der Waals surface area (Å²) in [6.45, 7) is 2.79. The molecule has 0 atom stereocenters. The summed E-state index contributed by atoms with van der Waals surface area (Å²) in [5.41, 5.74) is 0.532. The summed E-state index contributed by atoms with van der Waals surface area (Å²) in [4.78, 5) is 19.9. The molecule has 0 saturated heterocycles. The van der Waals surface area contributed by atoms with Gasteiger partial charge in [-0.25, -0.2) is 9.97 Å². The second-order valence-corrected chi connectivity index (χ2v) is 5.68. The molecule has 0 bridgehead atoms. The minimum absolute atomic E-state index is 0.0158. The van der Waals surface area contributed by atoms with Crippen LogP contribution in [0, 0.1) is 0 Å². The third-order valence-electron chi connectivity index (χ3n) is 2.47. The van der Waals surface area contributed by atoms with Gasteiger partial charge in [-0.1, -0.05) is 18.5 Å². The number of nitrogens with one attached hydrogen (secondary N) is 1. The van der Waals surface area contributed by atoms with E-state index in [-0.39, 0.29) is 22.2 Å². The van der Waals surface area contributed by atoms with E-state index in [2.05, 4.69) is 31.2 Å². The van der Waals surface area contributed by atoms with Gasteiger partial charge in [0.1, 0.15) is 16.7 Å². The monoisotopic (exact) mass is 376 g/mol. The summed E-state index contributed by atoms with van der Waals surface area (Å²) in [5, 5.41) is 2.81. The molecule has 20 heavy (non-hydrogen) atoms. The number of aromatic nitrogens is 3. The second kappa shape index (κ2) is 6.56. The quantitative estimate of drug-likeness (QED) is 0.646. The van der Waals surface area contributed by atoms with Gasteiger partial charge >= 0.3 is 0 Å². The van der Waals surface area contributed by atoms with Gasteiger partial charge < -0.3 is 9.88 Å². The first kappa shape index (κ1) is 15.3. The van der Waals surface area contributed by atoms with Crippen molar-refractivity contribution >= 4 is 50.9 Å². The zero-order valence-corrected chi connectivity index (χ0v) is 13.6. The van der Waals surface area contributed by atoms with Gasteiger partial charge in [0.05, 0.1) is 0 Å². The van der Waals surface area contributed by atoms with Gasteiger partial charge in [0.15, 0.2) is 0 Å². The number of anilines is 1. The number of carbonyl (C=O) groups excluding carboxylic acids is 1. The molecule has 2 aromatic heterocycles. The number of carbonyl (C=O) groups is 1. The molecule has 0 fully saturated rings. The number of aryl methyl sites for hydroxylation is 1. The molecule has 0 spiro atoms. The molecule has 0 unspecified atom stereocenters. The third kappa shape index (κ3) is 3.71. The summed E-state index contributed by atoms with van der Waals surface area (Å²) in [7, 11) is 0. The lowest BCUT2D eigenvalue weighted by Crippen LogP contribution is -2.17. The Bertz CT molecular complexity index is 624. The van der Waals surface area contributed by atoms with Gasteiger partial charge in [-0.05, 0) is 40.0 Å². The van der Waals surface area contributed by atoms with Crippen LogP contribution in [-0.4, -0.2) is 20.4 Å². The van der Waals surface area contributed by atoms with E-state index in [0.717, 1.165) is 17.4 Å². The molecular formula is C12H11BrCl2N4O. The molecule has 106 valence electrons. The Morgan fingerprint density at radius 3 is 2.80 bits per heavy atom. The predicted molar refractivity (Wildman–Crippen MR) is 82.4 cm³/mol. The molecule has 2 rings (SSSR count). The van der Waals surface area contributed by atoms with Crippen LogP contribution in [0.1, 0.15) is 23.8 Å². The topological polar surface area (TPSA) is 59.8 Å². The van der Waals surface area contributed by atoms with E-state index >= 15 is 0 Å². The van der Waals surface area contributed by atoms with Crippen molar-refractivity contribution in [1.29, 1.82) is 0 Å². The van der Waals surface area contributed by atoms with Gasteiger partial charge in [0.2, 0.25) is 5.28 Å². The van der Waals surface area contributed by atoms with Crippen LogP contribution in [0.5, 0.6) is 0 Å². The van der Waals surface area contributed by atoms with Crippen molar-refractivity contribution in [2.75, 3.05) is 5.32 Å². The van der Waals surface area contributed by atoms with Crippen molar-refractivity contribution < 1.29 is 4.79 Å². The Hall–Kier alpha value is -1.11. The minimum atomic E-state index is -0.282. The Morgan fingerprint density at radius 1 is 1.40 bits per heavy atom. The molecule has 8 heteroatoms. The number of hydrogen-bond acceptors (Lipinski definition) is 3. The summed E-state index contributed by atoms with van der Waals surface area (Å²) < 4.78 is 2.71. The first-order valence-corrected chi connectivity index (χ1v) is 7.41. The van der Waals surface area contributed by atoms with Crippen LogP contribution in [-0.2, 0) is 6.54 Å². The lowest BCUT2D eigenvalue weighted by molar-refractivity contribution is 0.101. The van der Waals surface area contributed by atoms with Crippen LogP contribution in [0.25, 0.3) is 0 Å². The van der Waals surface area contributed by atoms with E-state index < -0.39 is 0 Å². The van der Waals surface area contributed by atoms with E-state index in [1.165, 1.54) is 6.07 Å². The number of amides is 1. The van der Waals surface area contributed by atoms with Gasteiger partial charge in [0, 0.05) is 23.3 Å². The maximum Gasteiger partial charge on any atom is 0.273 e. The fourth-order valence-electron chi connectivity index (χ4n) is 1.73. The number of hydrogen-bond donors (Lipinski definition) is 1. The van der Waals surface area contributed by atoms with Gasteiger partial charge in [-0.3, -0.25) is 4.79 Å². The highest BCUT2D eigenvalue weighted by Gasteiger charge is 2.14. The second-order valence-electron chi connectivity index (χ2n) is 4.04. The molecular weight excluding hydrogens is 367 g/mol. The van der Waals surface area contributed by atoms with Crippen LogP contribution in [0.3, 0.4) is 0 Å². The van der Waals surface area contributed by atoms with Gasteiger partial charge in [0.25, 0.3) is 5.91 Å². The summed E-state index contributed by atoms with van der Waals surface area (Å²) >= 11 is 14.8. The predicted octanol–water partition coefficient (Wildman–Crippen LogP) is 4.01. The van der Waals surface area contributed by atoms with Crippen LogP contribution in [0.2, 0.25) is 10.4 Å². The van der Waals surface area contributed by atoms with Gasteiger partial charge in [-0.15, -0.1) is 0 Å². The molecule has 2 aromatic rings. The average molecular weight is 378 g/mol. The smallest absolute Gasteiger partial charge is 0.273 e. The highest BCUT2D eigenvalue weighted by Crippen LogP contribution is 2.18. The third-order valence-corrected chi connectivity index (χ3v) is 3.27. The van der Waals surface area contributed by atoms with Crippen molar-refractivity contribution in [3.8, 4) is 0 Å². The van der Waals surface area contributed by atoms with Crippen LogP contribution in [0.15, 0.2) is 22.8 Å². The van der Waals surface area contributed by atoms with Crippen molar-refractivity contribution in [2.45, 2.75) is 19.9 Å². The zero-order valence-electron chi connectivity index (χ0n) is 10.5. The Balaban J connectivity index is 2.23. The molecule has 1 N–H and O–H groups in total. The van der Waals surface area contributed by atoms with Crippen molar-refractivity contribution in [3.63, 3.8) is 0 Å². The van der Waals surface area contributed by atoms with Crippen LogP contribution >= 0.6 is 39.1 Å². The van der Waals surface area contributed by atoms with E-state index in [1.807, 2.05) is 17.7 Å². The molecule has 1 amide bonds. The Labute approximate surface area is 134 Å². The average Bonchev–Trinajstić information content (AvgIpc) is 2.69. The molecule has 2 heterocycles. The fourth-order valence-corrected chi connectivity index (χ4v) is 2.60. The highest BCUT2D eigenvalue weighted by molar-refractivity contribution is 9.10. The molecule has 5 nitrogen and oxygen atoms in total. The van der Waals surface area contributed by atoms with E-state index in [0.29, 0.717) is 5.69 Å².